The molecule has 1 unspecified atom stereocenters. The molecule has 0 aromatic carbocycles. The van der Waals surface area contributed by atoms with Crippen molar-refractivity contribution < 1.29 is 19.3 Å². The zero-order valence-corrected chi connectivity index (χ0v) is 16.0. The Morgan fingerprint density at radius 2 is 1.38 bits per heavy atom. The second-order valence-corrected chi connectivity index (χ2v) is 6.29. The van der Waals surface area contributed by atoms with Crippen LogP contribution in [0.2, 0.25) is 0 Å². The van der Waals surface area contributed by atoms with E-state index >= 15 is 0 Å². The van der Waals surface area contributed by atoms with Gasteiger partial charge in [0.25, 0.3) is 0 Å². The van der Waals surface area contributed by atoms with Crippen LogP contribution in [0.1, 0.15) is 66.2 Å². The summed E-state index contributed by atoms with van der Waals surface area (Å²) in [7, 11) is 0. The van der Waals surface area contributed by atoms with Gasteiger partial charge in [-0.1, -0.05) is 40.0 Å². The summed E-state index contributed by atoms with van der Waals surface area (Å²) in [6.07, 6.45) is 4.15. The first kappa shape index (κ1) is 23.3. The van der Waals surface area contributed by atoms with Crippen LogP contribution in [0, 0.1) is 17.2 Å². The molecule has 0 aliphatic carbocycles. The van der Waals surface area contributed by atoms with Gasteiger partial charge in [0.15, 0.2) is 0 Å². The Hall–Kier alpha value is -0.670. The zero-order valence-electron chi connectivity index (χ0n) is 16.0. The lowest BCUT2D eigenvalue weighted by Gasteiger charge is -2.32. The molecule has 0 aliphatic rings. The largest absolute Gasteiger partial charge is 0.388 e. The van der Waals surface area contributed by atoms with E-state index in [1.54, 1.807) is 0 Å². The van der Waals surface area contributed by atoms with Crippen molar-refractivity contribution in [3.8, 4) is 6.07 Å². The van der Waals surface area contributed by atoms with E-state index in [0.717, 1.165) is 38.5 Å². The maximum Gasteiger partial charge on any atom is 0.113 e. The van der Waals surface area contributed by atoms with Crippen LogP contribution in [0.4, 0.5) is 0 Å². The molecule has 142 valence electrons. The van der Waals surface area contributed by atoms with E-state index < -0.39 is 18.3 Å². The first-order chi connectivity index (χ1) is 11.6. The molecule has 5 heteroatoms. The van der Waals surface area contributed by atoms with Gasteiger partial charge in [0.2, 0.25) is 0 Å². The molecule has 0 fully saturated rings. The average Bonchev–Trinajstić information content (AvgIpc) is 2.59. The minimum Gasteiger partial charge on any atom is -0.388 e. The van der Waals surface area contributed by atoms with Crippen molar-refractivity contribution in [2.75, 3.05) is 26.4 Å². The molecular weight excluding hydrogens is 306 g/mol. The van der Waals surface area contributed by atoms with Crippen LogP contribution < -0.4 is 0 Å². The maximum atomic E-state index is 10.5. The Morgan fingerprint density at radius 1 is 0.875 bits per heavy atom. The van der Waals surface area contributed by atoms with Crippen LogP contribution in [0.5, 0.6) is 0 Å². The topological polar surface area (TPSA) is 71.7 Å². The van der Waals surface area contributed by atoms with E-state index in [2.05, 4.69) is 26.8 Å². The summed E-state index contributed by atoms with van der Waals surface area (Å²) < 4.78 is 17.4. The number of ether oxygens (including phenoxy) is 3. The quantitative estimate of drug-likeness (QED) is 0.433. The summed E-state index contributed by atoms with van der Waals surface area (Å²) in [4.78, 5) is 0. The smallest absolute Gasteiger partial charge is 0.113 e. The third kappa shape index (κ3) is 10.2. The van der Waals surface area contributed by atoms with Crippen LogP contribution >= 0.6 is 0 Å². The highest BCUT2D eigenvalue weighted by atomic mass is 16.6. The van der Waals surface area contributed by atoms with Crippen LogP contribution in [0.3, 0.4) is 0 Å². The number of hydrogen-bond acceptors (Lipinski definition) is 5. The van der Waals surface area contributed by atoms with Gasteiger partial charge in [-0.15, -0.1) is 0 Å². The Kier molecular flexibility index (Phi) is 15.4. The SMILES string of the molecule is CCCCOC[C@H](O)[C@@H](OCCCC)[C@@H](OCCCC)C(C)C#N. The lowest BCUT2D eigenvalue weighted by molar-refractivity contribution is -0.147. The molecule has 24 heavy (non-hydrogen) atoms. The fourth-order valence-electron chi connectivity index (χ4n) is 2.29. The van der Waals surface area contributed by atoms with Crippen LogP contribution in [-0.2, 0) is 14.2 Å². The lowest BCUT2D eigenvalue weighted by atomic mass is 9.97. The number of unbranched alkanes of at least 4 members (excludes halogenated alkanes) is 3. The van der Waals surface area contributed by atoms with E-state index in [1.165, 1.54) is 0 Å². The minimum atomic E-state index is -0.791. The summed E-state index contributed by atoms with van der Waals surface area (Å²) in [5.41, 5.74) is 0. The molecule has 0 amide bonds. The number of nitriles is 1. The molecule has 0 rings (SSSR count). The molecule has 0 aromatic rings. The summed E-state index contributed by atoms with van der Waals surface area (Å²) in [5, 5.41) is 19.9. The Bertz CT molecular complexity index is 319. The van der Waals surface area contributed by atoms with E-state index in [4.69, 9.17) is 14.2 Å². The normalized spacial score (nSPS) is 16.3. The van der Waals surface area contributed by atoms with Crippen molar-refractivity contribution in [3.63, 3.8) is 0 Å². The molecule has 0 bridgehead atoms. The average molecular weight is 344 g/mol. The standard InChI is InChI=1S/C19H37NO4/c1-5-8-11-22-15-17(21)19(24-13-10-7-3)18(16(4)14-20)23-12-9-6-2/h16-19,21H,5-13,15H2,1-4H3/t16?,17-,18-,19+/m0/s1. The highest BCUT2D eigenvalue weighted by Gasteiger charge is 2.34. The second-order valence-electron chi connectivity index (χ2n) is 6.29. The summed E-state index contributed by atoms with van der Waals surface area (Å²) in [5.74, 6) is -0.348. The van der Waals surface area contributed by atoms with E-state index in [0.29, 0.717) is 19.8 Å². The third-order valence-electron chi connectivity index (χ3n) is 3.95. The van der Waals surface area contributed by atoms with Gasteiger partial charge in [-0.3, -0.25) is 0 Å². The Morgan fingerprint density at radius 3 is 1.88 bits per heavy atom. The van der Waals surface area contributed by atoms with E-state index in [1.807, 2.05) is 6.92 Å². The Labute approximate surface area is 148 Å². The summed E-state index contributed by atoms with van der Waals surface area (Å²) in [6, 6.07) is 2.24. The lowest BCUT2D eigenvalue weighted by Crippen LogP contribution is -2.46. The predicted octanol–water partition coefficient (Wildman–Crippen LogP) is 3.69. The van der Waals surface area contributed by atoms with Gasteiger partial charge < -0.3 is 19.3 Å². The van der Waals surface area contributed by atoms with Gasteiger partial charge in [-0.25, -0.2) is 0 Å². The minimum absolute atomic E-state index is 0.211. The number of rotatable bonds is 16. The first-order valence-corrected chi connectivity index (χ1v) is 9.50. The number of nitrogens with zero attached hydrogens (tertiary/aromatic N) is 1. The van der Waals surface area contributed by atoms with Crippen molar-refractivity contribution in [2.24, 2.45) is 5.92 Å². The van der Waals surface area contributed by atoms with Crippen LogP contribution in [0.15, 0.2) is 0 Å². The van der Waals surface area contributed by atoms with Crippen molar-refractivity contribution in [3.05, 3.63) is 0 Å². The number of aliphatic hydroxyl groups is 1. The fraction of sp³-hybridized carbons (Fsp3) is 0.947. The van der Waals surface area contributed by atoms with Crippen molar-refractivity contribution in [2.45, 2.75) is 84.5 Å². The summed E-state index contributed by atoms with van der Waals surface area (Å²) in [6.45, 7) is 10.1. The van der Waals surface area contributed by atoms with E-state index in [-0.39, 0.29) is 12.5 Å². The molecule has 0 heterocycles. The van der Waals surface area contributed by atoms with Gasteiger partial charge in [0, 0.05) is 19.8 Å². The molecule has 1 N–H and O–H groups in total. The highest BCUT2D eigenvalue weighted by molar-refractivity contribution is 4.92. The molecule has 0 radical (unpaired) electrons. The van der Waals surface area contributed by atoms with Gasteiger partial charge in [-0.05, 0) is 26.2 Å². The third-order valence-corrected chi connectivity index (χ3v) is 3.95. The molecule has 0 aliphatic heterocycles. The number of hydrogen-bond donors (Lipinski definition) is 1. The molecular formula is C19H37NO4. The molecule has 0 saturated heterocycles. The second kappa shape index (κ2) is 15.8. The number of aliphatic hydroxyl groups excluding tert-OH is 1. The molecule has 5 nitrogen and oxygen atoms in total. The van der Waals surface area contributed by atoms with Gasteiger partial charge in [0.1, 0.15) is 18.3 Å². The van der Waals surface area contributed by atoms with Gasteiger partial charge in [0.05, 0.1) is 18.6 Å². The maximum absolute atomic E-state index is 10.5. The van der Waals surface area contributed by atoms with Gasteiger partial charge in [-0.2, -0.15) is 5.26 Å². The zero-order chi connectivity index (χ0) is 18.2. The van der Waals surface area contributed by atoms with Crippen molar-refractivity contribution >= 4 is 0 Å². The van der Waals surface area contributed by atoms with Crippen molar-refractivity contribution in [1.29, 1.82) is 5.26 Å². The monoisotopic (exact) mass is 343 g/mol. The van der Waals surface area contributed by atoms with Crippen LogP contribution in [-0.4, -0.2) is 49.8 Å². The first-order valence-electron chi connectivity index (χ1n) is 9.50. The summed E-state index contributed by atoms with van der Waals surface area (Å²) >= 11 is 0. The van der Waals surface area contributed by atoms with Crippen LogP contribution in [0.25, 0.3) is 0 Å². The molecule has 0 saturated carbocycles. The molecule has 4 atom stereocenters. The fourth-order valence-corrected chi connectivity index (χ4v) is 2.29. The predicted molar refractivity (Wildman–Crippen MR) is 95.8 cm³/mol. The Balaban J connectivity index is 4.81. The van der Waals surface area contributed by atoms with Crippen molar-refractivity contribution in [1.82, 2.24) is 0 Å². The molecule has 0 aromatic heterocycles. The van der Waals surface area contributed by atoms with E-state index in [9.17, 15) is 10.4 Å². The van der Waals surface area contributed by atoms with Gasteiger partial charge >= 0.3 is 0 Å². The highest BCUT2D eigenvalue weighted by Crippen LogP contribution is 2.19. The molecule has 0 spiro atoms.